The maximum atomic E-state index is 10.9. The Bertz CT molecular complexity index is 563. The second-order valence-corrected chi connectivity index (χ2v) is 3.28. The van der Waals surface area contributed by atoms with Crippen molar-refractivity contribution >= 4 is 0 Å². The van der Waals surface area contributed by atoms with Gasteiger partial charge in [0.05, 0.1) is 11.9 Å². The summed E-state index contributed by atoms with van der Waals surface area (Å²) in [6, 6.07) is 6.39. The maximum Gasteiger partial charge on any atom is 0.345 e. The lowest BCUT2D eigenvalue weighted by Gasteiger charge is -2.07. The summed E-state index contributed by atoms with van der Waals surface area (Å²) in [5, 5.41) is 9.25. The molecule has 5 heteroatoms. The summed E-state index contributed by atoms with van der Waals surface area (Å²) in [4.78, 5) is 17.0. The van der Waals surface area contributed by atoms with Gasteiger partial charge in [-0.3, -0.25) is 0 Å². The van der Waals surface area contributed by atoms with Crippen LogP contribution in [0.1, 0.15) is 5.69 Å². The van der Waals surface area contributed by atoms with Crippen molar-refractivity contribution in [2.75, 3.05) is 0 Å². The fourth-order valence-corrected chi connectivity index (χ4v) is 1.25. The first-order chi connectivity index (χ1) is 7.65. The third-order valence-electron chi connectivity index (χ3n) is 2.01. The van der Waals surface area contributed by atoms with E-state index in [9.17, 15) is 9.90 Å². The van der Waals surface area contributed by atoms with Crippen molar-refractivity contribution in [3.8, 4) is 17.2 Å². The average molecular weight is 218 g/mol. The number of aromatic nitrogens is 2. The number of nitrogens with one attached hydrogen (secondary N) is 1. The Labute approximate surface area is 91.4 Å². The molecule has 0 bridgehead atoms. The molecule has 0 spiro atoms. The van der Waals surface area contributed by atoms with E-state index in [0.717, 1.165) is 0 Å². The van der Waals surface area contributed by atoms with E-state index >= 15 is 0 Å². The van der Waals surface area contributed by atoms with Crippen molar-refractivity contribution in [1.82, 2.24) is 9.97 Å². The van der Waals surface area contributed by atoms with E-state index in [1.54, 1.807) is 25.1 Å². The molecule has 2 rings (SSSR count). The summed E-state index contributed by atoms with van der Waals surface area (Å²) >= 11 is 0. The maximum absolute atomic E-state index is 10.9. The summed E-state index contributed by atoms with van der Waals surface area (Å²) in [5.74, 6) is 1.05. The molecule has 1 aromatic carbocycles. The Hall–Kier alpha value is -2.30. The Kier molecular flexibility index (Phi) is 2.59. The smallest absolute Gasteiger partial charge is 0.345 e. The lowest BCUT2D eigenvalue weighted by molar-refractivity contribution is 0.450. The fraction of sp³-hybridized carbons (Fsp3) is 0.0909. The second kappa shape index (κ2) is 4.06. The predicted octanol–water partition coefficient (Wildman–Crippen LogP) is 1.58. The topological polar surface area (TPSA) is 75.2 Å². The van der Waals surface area contributed by atoms with Gasteiger partial charge in [-0.25, -0.2) is 4.79 Å². The first-order valence-electron chi connectivity index (χ1n) is 4.68. The minimum Gasteiger partial charge on any atom is -0.508 e. The number of phenols is 1. The molecule has 2 N–H and O–H groups in total. The van der Waals surface area contributed by atoms with Crippen molar-refractivity contribution < 1.29 is 9.84 Å². The Balaban J connectivity index is 2.30. The average Bonchev–Trinajstić information content (AvgIpc) is 2.22. The summed E-state index contributed by atoms with van der Waals surface area (Å²) in [6.45, 7) is 1.71. The van der Waals surface area contributed by atoms with Gasteiger partial charge in [0.1, 0.15) is 11.5 Å². The number of H-pyrrole nitrogens is 1. The van der Waals surface area contributed by atoms with Gasteiger partial charge in [-0.15, -0.1) is 0 Å². The number of nitrogens with zero attached hydrogens (tertiary/aromatic N) is 1. The number of phenolic OH excluding ortho intramolecular Hbond substituents is 1. The number of rotatable bonds is 2. The van der Waals surface area contributed by atoms with E-state index in [1.807, 2.05) is 0 Å². The Morgan fingerprint density at radius 3 is 2.94 bits per heavy atom. The molecule has 82 valence electrons. The van der Waals surface area contributed by atoms with Crippen LogP contribution < -0.4 is 10.4 Å². The van der Waals surface area contributed by atoms with Gasteiger partial charge in [-0.05, 0) is 19.1 Å². The summed E-state index contributed by atoms with van der Waals surface area (Å²) in [6.07, 6.45) is 1.35. The monoisotopic (exact) mass is 218 g/mol. The molecular weight excluding hydrogens is 208 g/mol. The van der Waals surface area contributed by atoms with Crippen LogP contribution in [0.2, 0.25) is 0 Å². The zero-order chi connectivity index (χ0) is 11.5. The highest BCUT2D eigenvalue weighted by Gasteiger charge is 2.03. The van der Waals surface area contributed by atoms with Crippen molar-refractivity contribution in [3.63, 3.8) is 0 Å². The lowest BCUT2D eigenvalue weighted by atomic mass is 10.3. The molecule has 0 saturated carbocycles. The lowest BCUT2D eigenvalue weighted by Crippen LogP contribution is -2.11. The van der Waals surface area contributed by atoms with Gasteiger partial charge in [0, 0.05) is 6.07 Å². The number of aromatic amines is 1. The normalized spacial score (nSPS) is 10.1. The summed E-state index contributed by atoms with van der Waals surface area (Å²) < 4.78 is 5.45. The minimum absolute atomic E-state index is 0.118. The van der Waals surface area contributed by atoms with Crippen LogP contribution in [-0.4, -0.2) is 15.1 Å². The number of aromatic hydroxyl groups is 1. The molecule has 5 nitrogen and oxygen atoms in total. The van der Waals surface area contributed by atoms with Crippen molar-refractivity contribution in [2.24, 2.45) is 0 Å². The number of hydrogen-bond donors (Lipinski definition) is 2. The second-order valence-electron chi connectivity index (χ2n) is 3.28. The number of ether oxygens (including phenoxy) is 1. The molecule has 0 aliphatic carbocycles. The van der Waals surface area contributed by atoms with Gasteiger partial charge in [0.2, 0.25) is 0 Å². The highest BCUT2D eigenvalue weighted by molar-refractivity contribution is 5.36. The van der Waals surface area contributed by atoms with Gasteiger partial charge in [-0.1, -0.05) is 6.07 Å². The molecule has 16 heavy (non-hydrogen) atoms. The zero-order valence-electron chi connectivity index (χ0n) is 8.60. The van der Waals surface area contributed by atoms with Gasteiger partial charge in [0.15, 0.2) is 5.75 Å². The first kappa shape index (κ1) is 10.2. The molecule has 0 atom stereocenters. The minimum atomic E-state index is -0.416. The number of aryl methyl sites for hydroxylation is 1. The zero-order valence-corrected chi connectivity index (χ0v) is 8.60. The van der Waals surface area contributed by atoms with E-state index in [1.165, 1.54) is 12.3 Å². The van der Waals surface area contributed by atoms with Crippen LogP contribution in [-0.2, 0) is 0 Å². The first-order valence-corrected chi connectivity index (χ1v) is 4.68. The summed E-state index contributed by atoms with van der Waals surface area (Å²) in [5.41, 5.74) is 0.170. The van der Waals surface area contributed by atoms with E-state index in [2.05, 4.69) is 9.97 Å². The van der Waals surface area contributed by atoms with Crippen molar-refractivity contribution in [1.29, 1.82) is 0 Å². The van der Waals surface area contributed by atoms with Crippen LogP contribution in [0.25, 0.3) is 0 Å². The van der Waals surface area contributed by atoms with E-state index < -0.39 is 5.69 Å². The van der Waals surface area contributed by atoms with Crippen LogP contribution >= 0.6 is 0 Å². The molecule has 0 amide bonds. The van der Waals surface area contributed by atoms with Gasteiger partial charge in [0.25, 0.3) is 0 Å². The van der Waals surface area contributed by atoms with E-state index in [-0.39, 0.29) is 5.75 Å². The molecule has 0 aliphatic heterocycles. The van der Waals surface area contributed by atoms with Crippen LogP contribution in [0.4, 0.5) is 0 Å². The van der Waals surface area contributed by atoms with E-state index in [0.29, 0.717) is 17.2 Å². The quantitative estimate of drug-likeness (QED) is 0.802. The van der Waals surface area contributed by atoms with E-state index in [4.69, 9.17) is 4.74 Å². The van der Waals surface area contributed by atoms with Crippen LogP contribution in [0.15, 0.2) is 35.3 Å². The largest absolute Gasteiger partial charge is 0.508 e. The molecule has 2 aromatic rings. The molecule has 1 heterocycles. The van der Waals surface area contributed by atoms with Gasteiger partial charge in [-0.2, -0.15) is 4.98 Å². The van der Waals surface area contributed by atoms with Crippen LogP contribution in [0, 0.1) is 6.92 Å². The third-order valence-corrected chi connectivity index (χ3v) is 2.01. The Morgan fingerprint density at radius 2 is 2.25 bits per heavy atom. The van der Waals surface area contributed by atoms with Gasteiger partial charge < -0.3 is 14.8 Å². The molecule has 0 radical (unpaired) electrons. The molecule has 0 saturated heterocycles. The van der Waals surface area contributed by atoms with Crippen molar-refractivity contribution in [2.45, 2.75) is 6.92 Å². The molecular formula is C11H10N2O3. The highest BCUT2D eigenvalue weighted by atomic mass is 16.5. The van der Waals surface area contributed by atoms with Crippen LogP contribution in [0.3, 0.4) is 0 Å². The molecule has 0 fully saturated rings. The van der Waals surface area contributed by atoms with Crippen molar-refractivity contribution in [3.05, 3.63) is 46.6 Å². The molecule has 1 aromatic heterocycles. The Morgan fingerprint density at radius 1 is 1.44 bits per heavy atom. The molecule has 0 unspecified atom stereocenters. The van der Waals surface area contributed by atoms with Gasteiger partial charge >= 0.3 is 5.69 Å². The SMILES string of the molecule is Cc1[nH]c(=O)ncc1Oc1cccc(O)c1. The summed E-state index contributed by atoms with van der Waals surface area (Å²) in [7, 11) is 0. The molecule has 0 aliphatic rings. The fourth-order valence-electron chi connectivity index (χ4n) is 1.25. The third kappa shape index (κ3) is 2.20. The standard InChI is InChI=1S/C11H10N2O3/c1-7-10(6-12-11(15)13-7)16-9-4-2-3-8(14)5-9/h2-6,14H,1H3,(H,12,13,15). The predicted molar refractivity (Wildman–Crippen MR) is 57.8 cm³/mol. The van der Waals surface area contributed by atoms with Crippen LogP contribution in [0.5, 0.6) is 17.2 Å². The number of hydrogen-bond acceptors (Lipinski definition) is 4. The number of benzene rings is 1. The highest BCUT2D eigenvalue weighted by Crippen LogP contribution is 2.24.